The largest absolute Gasteiger partial charge is 0.316 e. The van der Waals surface area contributed by atoms with Gasteiger partial charge in [-0.3, -0.25) is 0 Å². The highest BCUT2D eigenvalue weighted by Gasteiger charge is 2.24. The molecule has 0 fully saturated rings. The van der Waals surface area contributed by atoms with Crippen molar-refractivity contribution < 1.29 is 0 Å². The van der Waals surface area contributed by atoms with E-state index in [0.29, 0.717) is 0 Å². The maximum Gasteiger partial charge on any atom is 0.0628 e. The molecule has 22 aromatic carbocycles. The molecular formula is C124H80N6. The van der Waals surface area contributed by atoms with Crippen LogP contribution < -0.4 is 0 Å². The molecule has 6 heterocycles. The van der Waals surface area contributed by atoms with Crippen molar-refractivity contribution in [1.82, 2.24) is 27.4 Å². The van der Waals surface area contributed by atoms with E-state index in [9.17, 15) is 0 Å². The third-order valence-electron chi connectivity index (χ3n) is 27.1. The Hall–Kier alpha value is -17.3. The normalized spacial score (nSPS) is 11.8. The van der Waals surface area contributed by atoms with E-state index in [1.165, 1.54) is 224 Å². The predicted molar refractivity (Wildman–Crippen MR) is 552 cm³/mol. The van der Waals surface area contributed by atoms with Crippen molar-refractivity contribution in [2.24, 2.45) is 0 Å². The van der Waals surface area contributed by atoms with Crippen LogP contribution in [0.2, 0.25) is 0 Å². The van der Waals surface area contributed by atoms with E-state index >= 15 is 0 Å². The smallest absolute Gasteiger partial charge is 0.0628 e. The topological polar surface area (TPSA) is 29.6 Å². The third-order valence-corrected chi connectivity index (χ3v) is 27.1. The van der Waals surface area contributed by atoms with Crippen molar-refractivity contribution >= 4 is 174 Å². The summed E-state index contributed by atoms with van der Waals surface area (Å²) in [5.74, 6) is 0. The Labute approximate surface area is 748 Å². The molecule has 0 aliphatic rings. The maximum absolute atomic E-state index is 2.43. The highest BCUT2D eigenvalue weighted by Crippen LogP contribution is 2.46. The Morgan fingerprint density at radius 1 is 0.123 bits per heavy atom. The molecule has 6 nitrogen and oxygen atoms in total. The number of hydrogen-bond acceptors (Lipinski definition) is 0. The summed E-state index contributed by atoms with van der Waals surface area (Å²) in [5.41, 5.74) is 25.3. The van der Waals surface area contributed by atoms with Crippen LogP contribution in [-0.4, -0.2) is 27.4 Å². The minimum atomic E-state index is 1.15. The Balaban J connectivity index is 0.000000105. The van der Waals surface area contributed by atoms with Crippen molar-refractivity contribution in [3.05, 3.63) is 486 Å². The molecule has 0 radical (unpaired) electrons. The molecule has 0 atom stereocenters. The van der Waals surface area contributed by atoms with Crippen LogP contribution in [0, 0.1) is 0 Å². The molecular weight excluding hydrogens is 1570 g/mol. The summed E-state index contributed by atoms with van der Waals surface area (Å²) in [6.45, 7) is 0. The molecule has 606 valence electrons. The molecule has 0 unspecified atom stereocenters. The van der Waals surface area contributed by atoms with Gasteiger partial charge in [-0.05, 0) is 254 Å². The second kappa shape index (κ2) is 30.2. The van der Waals surface area contributed by atoms with Crippen LogP contribution in [-0.2, 0) is 0 Å². The first-order valence-corrected chi connectivity index (χ1v) is 44.7. The lowest BCUT2D eigenvalue weighted by molar-refractivity contribution is 1.13. The molecule has 0 N–H and O–H groups in total. The van der Waals surface area contributed by atoms with Crippen molar-refractivity contribution in [3.63, 3.8) is 0 Å². The van der Waals surface area contributed by atoms with Gasteiger partial charge in [-0.2, -0.15) is 0 Å². The lowest BCUT2D eigenvalue weighted by atomic mass is 9.90. The molecule has 130 heavy (non-hydrogen) atoms. The highest BCUT2D eigenvalue weighted by atomic mass is 15.0. The zero-order valence-electron chi connectivity index (χ0n) is 70.9. The molecule has 0 saturated carbocycles. The van der Waals surface area contributed by atoms with E-state index in [1.807, 2.05) is 0 Å². The Morgan fingerprint density at radius 3 is 0.869 bits per heavy atom. The van der Waals surface area contributed by atoms with Crippen LogP contribution >= 0.6 is 0 Å². The van der Waals surface area contributed by atoms with Crippen molar-refractivity contribution in [3.8, 4) is 67.5 Å². The van der Waals surface area contributed by atoms with Crippen molar-refractivity contribution in [2.45, 2.75) is 0 Å². The van der Waals surface area contributed by atoms with E-state index in [0.717, 1.165) is 17.1 Å². The monoisotopic (exact) mass is 1650 g/mol. The number of fused-ring (bicyclic) bond motifs is 27. The van der Waals surface area contributed by atoms with E-state index in [4.69, 9.17) is 0 Å². The molecule has 0 amide bonds. The fraction of sp³-hybridized carbons (Fsp3) is 0. The summed E-state index contributed by atoms with van der Waals surface area (Å²) >= 11 is 0. The van der Waals surface area contributed by atoms with E-state index < -0.39 is 0 Å². The number of aromatic nitrogens is 6. The summed E-state index contributed by atoms with van der Waals surface area (Å²) in [5, 5.41) is 29.3. The van der Waals surface area contributed by atoms with Gasteiger partial charge in [-0.25, -0.2) is 0 Å². The maximum atomic E-state index is 2.43. The molecule has 0 aliphatic carbocycles. The van der Waals surface area contributed by atoms with Crippen LogP contribution in [0.4, 0.5) is 0 Å². The minimum absolute atomic E-state index is 1.15. The van der Waals surface area contributed by atoms with Gasteiger partial charge in [0.1, 0.15) is 0 Å². The zero-order chi connectivity index (χ0) is 85.4. The predicted octanol–water partition coefficient (Wildman–Crippen LogP) is 33.3. The number of rotatable bonds is 9. The average molecular weight is 1650 g/mol. The molecule has 6 aromatic heterocycles. The molecule has 6 heteroatoms. The van der Waals surface area contributed by atoms with Gasteiger partial charge in [-0.15, -0.1) is 0 Å². The zero-order valence-corrected chi connectivity index (χ0v) is 70.9. The van der Waals surface area contributed by atoms with Crippen LogP contribution in [0.15, 0.2) is 486 Å². The van der Waals surface area contributed by atoms with Gasteiger partial charge >= 0.3 is 0 Å². The fourth-order valence-electron chi connectivity index (χ4n) is 21.2. The summed E-state index contributed by atoms with van der Waals surface area (Å²) in [4.78, 5) is 0. The fourth-order valence-corrected chi connectivity index (χ4v) is 21.2. The molecule has 28 rings (SSSR count). The van der Waals surface area contributed by atoms with Gasteiger partial charge in [0.15, 0.2) is 0 Å². The first kappa shape index (κ1) is 74.1. The van der Waals surface area contributed by atoms with E-state index in [1.54, 1.807) is 0 Å². The Morgan fingerprint density at radius 2 is 0.408 bits per heavy atom. The second-order valence-electron chi connectivity index (χ2n) is 34.3. The van der Waals surface area contributed by atoms with Crippen molar-refractivity contribution in [2.75, 3.05) is 0 Å². The summed E-state index contributed by atoms with van der Waals surface area (Å²) in [6.07, 6.45) is 6.57. The number of hydrogen-bond donors (Lipinski definition) is 0. The standard InChI is InChI=1S/C50H32N2.C40H26N2.C34H22N2/c1-3-12-33(13-4-1)36-22-25-42-43-26-23-37(32-46(43)41-19-8-7-18-40(41)45(42)31-36)35-14-11-17-39(30-35)52-47-21-10-9-20-44(47)49-48(52)27-24-34-28-29-51(50(34)49)38-15-5-2-6-16-38;1-2-9-32(10-3-1)41-25-24-29-19-23-38-39(40(29)41)36-12-6-7-13-37(36)42(38)33-20-16-27(17-21-33)30-18-22-35-31(26-30)15-14-28-8-4-5-11-34(28)35;1-2-9-26(10-3-1)35-21-20-24-16-19-32-33(34(24)35)30-12-6-7-13-31(30)36(32)27-17-18-29-25(22-27)15-14-23-8-4-5-11-28(23)29/h1-32H;1-26H;1-22H. The van der Waals surface area contributed by atoms with Crippen LogP contribution in [0.5, 0.6) is 0 Å². The number of para-hydroxylation sites is 6. The van der Waals surface area contributed by atoms with Gasteiger partial charge < -0.3 is 27.4 Å². The molecule has 0 bridgehead atoms. The van der Waals surface area contributed by atoms with E-state index in [2.05, 4.69) is 513 Å². The molecule has 0 aliphatic heterocycles. The first-order valence-electron chi connectivity index (χ1n) is 44.7. The highest BCUT2D eigenvalue weighted by molar-refractivity contribution is 6.28. The Bertz CT molecular complexity index is 9390. The van der Waals surface area contributed by atoms with Gasteiger partial charge in [-0.1, -0.05) is 322 Å². The van der Waals surface area contributed by atoms with Gasteiger partial charge in [0.05, 0.1) is 49.7 Å². The van der Waals surface area contributed by atoms with Crippen LogP contribution in [0.3, 0.4) is 0 Å². The summed E-state index contributed by atoms with van der Waals surface area (Å²) < 4.78 is 14.2. The summed E-state index contributed by atoms with van der Waals surface area (Å²) in [6, 6.07) is 170. The lowest BCUT2D eigenvalue weighted by Gasteiger charge is -2.14. The number of nitrogens with zero attached hydrogens (tertiary/aromatic N) is 6. The Kier molecular flexibility index (Phi) is 17.2. The molecule has 0 spiro atoms. The van der Waals surface area contributed by atoms with Crippen LogP contribution in [0.25, 0.3) is 241 Å². The number of benzene rings is 22. The SMILES string of the molecule is c1ccc(-c2ccc3c4ccc(-c5cccc(-n6c7ccccc7c7c8c(ccc76)ccn8-c6ccccc6)c5)cc4c4ccccc4c3c2)cc1.c1ccc(-n2ccc3ccc4c(c5ccccc5n4-c4ccc(-c5ccc6c(ccc7ccccc76)c5)cc4)c32)cc1.c1ccc(-n2ccc3ccc4c(c5ccccc5n4-c4ccc5c(ccc6ccccc65)c4)c32)cc1. The van der Waals surface area contributed by atoms with Crippen molar-refractivity contribution in [1.29, 1.82) is 0 Å². The molecule has 0 saturated heterocycles. The summed E-state index contributed by atoms with van der Waals surface area (Å²) in [7, 11) is 0. The third kappa shape index (κ3) is 12.0. The minimum Gasteiger partial charge on any atom is -0.316 e. The quantitative estimate of drug-likeness (QED) is 0.129. The average Bonchev–Trinajstić information content (AvgIpc) is 1.42. The van der Waals surface area contributed by atoms with Gasteiger partial charge in [0, 0.05) is 101 Å². The molecule has 28 aromatic rings. The lowest BCUT2D eigenvalue weighted by Crippen LogP contribution is -1.95. The second-order valence-corrected chi connectivity index (χ2v) is 34.3. The van der Waals surface area contributed by atoms with Gasteiger partial charge in [0.25, 0.3) is 0 Å². The first-order chi connectivity index (χ1) is 64.5. The van der Waals surface area contributed by atoms with Gasteiger partial charge in [0.2, 0.25) is 0 Å². The van der Waals surface area contributed by atoms with E-state index in [-0.39, 0.29) is 0 Å². The van der Waals surface area contributed by atoms with Crippen LogP contribution in [0.1, 0.15) is 0 Å².